The number of aryl methyl sites for hydroxylation is 1. The molecule has 5 nitrogen and oxygen atoms in total. The van der Waals surface area contributed by atoms with E-state index in [4.69, 9.17) is 5.11 Å². The molecule has 2 heterocycles. The lowest BCUT2D eigenvalue weighted by molar-refractivity contribution is -0.133. The maximum absolute atomic E-state index is 12.7. The third kappa shape index (κ3) is 4.10. The lowest BCUT2D eigenvalue weighted by atomic mass is 9.99. The van der Waals surface area contributed by atoms with Crippen LogP contribution in [0.15, 0.2) is 48.7 Å². The summed E-state index contributed by atoms with van der Waals surface area (Å²) in [5, 5.41) is 9.04. The van der Waals surface area contributed by atoms with Gasteiger partial charge in [0.05, 0.1) is 11.6 Å². The number of carboxylic acid groups (broad SMARTS) is 1. The van der Waals surface area contributed by atoms with Gasteiger partial charge in [-0.1, -0.05) is 30.3 Å². The molecule has 0 saturated carbocycles. The Bertz CT molecular complexity index is 776. The van der Waals surface area contributed by atoms with Gasteiger partial charge in [-0.05, 0) is 50.3 Å². The maximum atomic E-state index is 12.7. The fourth-order valence-corrected chi connectivity index (χ4v) is 3.60. The number of carboxylic acids is 1. The van der Waals surface area contributed by atoms with Gasteiger partial charge in [0.25, 0.3) is 0 Å². The number of nitrogens with zero attached hydrogens (tertiary/aromatic N) is 2. The summed E-state index contributed by atoms with van der Waals surface area (Å²) in [5.74, 6) is -0.650. The normalized spacial score (nSPS) is 18.1. The van der Waals surface area contributed by atoms with Gasteiger partial charge in [-0.3, -0.25) is 9.78 Å². The van der Waals surface area contributed by atoms with Crippen LogP contribution in [0.3, 0.4) is 0 Å². The van der Waals surface area contributed by atoms with E-state index in [0.717, 1.165) is 37.1 Å². The van der Waals surface area contributed by atoms with Crippen molar-refractivity contribution in [1.82, 2.24) is 9.88 Å². The first-order chi connectivity index (χ1) is 12.6. The van der Waals surface area contributed by atoms with E-state index in [1.54, 1.807) is 6.07 Å². The number of amides is 1. The van der Waals surface area contributed by atoms with Crippen molar-refractivity contribution in [2.75, 3.05) is 6.54 Å². The lowest BCUT2D eigenvalue weighted by Crippen LogP contribution is -2.30. The van der Waals surface area contributed by atoms with Crippen molar-refractivity contribution in [3.63, 3.8) is 0 Å². The molecule has 5 heteroatoms. The van der Waals surface area contributed by atoms with Crippen molar-refractivity contribution in [3.05, 3.63) is 65.5 Å². The Labute approximate surface area is 153 Å². The van der Waals surface area contributed by atoms with Gasteiger partial charge < -0.3 is 10.0 Å². The first-order valence-corrected chi connectivity index (χ1v) is 9.10. The fraction of sp³-hybridized carbons (Fsp3) is 0.381. The van der Waals surface area contributed by atoms with E-state index in [1.165, 1.54) is 12.3 Å². The summed E-state index contributed by atoms with van der Waals surface area (Å²) in [7, 11) is 0. The number of rotatable bonds is 7. The molecule has 0 aliphatic carbocycles. The molecular formula is C21H24N2O3. The van der Waals surface area contributed by atoms with E-state index in [-0.39, 0.29) is 23.4 Å². The Kier molecular flexibility index (Phi) is 5.66. The molecule has 1 aromatic carbocycles. The third-order valence-corrected chi connectivity index (χ3v) is 5.15. The Hall–Kier alpha value is -2.69. The minimum atomic E-state index is -0.940. The number of likely N-dealkylation sites (tertiary alicyclic amines) is 1. The molecule has 1 aliphatic rings. The van der Waals surface area contributed by atoms with E-state index in [9.17, 15) is 9.59 Å². The fourth-order valence-electron chi connectivity index (χ4n) is 3.60. The highest BCUT2D eigenvalue weighted by Crippen LogP contribution is 2.30. The van der Waals surface area contributed by atoms with E-state index in [1.807, 2.05) is 23.1 Å². The molecule has 1 fully saturated rings. The zero-order valence-electron chi connectivity index (χ0n) is 15.0. The predicted molar refractivity (Wildman–Crippen MR) is 98.8 cm³/mol. The number of pyridine rings is 1. The number of benzene rings is 1. The van der Waals surface area contributed by atoms with Gasteiger partial charge in [-0.15, -0.1) is 0 Å². The summed E-state index contributed by atoms with van der Waals surface area (Å²) >= 11 is 0. The number of aromatic carboxylic acids is 1. The molecular weight excluding hydrogens is 328 g/mol. The van der Waals surface area contributed by atoms with Crippen LogP contribution < -0.4 is 0 Å². The molecule has 136 valence electrons. The molecule has 1 saturated heterocycles. The number of hydrogen-bond acceptors (Lipinski definition) is 3. The van der Waals surface area contributed by atoms with Crippen LogP contribution in [-0.2, 0) is 11.2 Å². The largest absolute Gasteiger partial charge is 0.478 e. The molecule has 2 aromatic rings. The van der Waals surface area contributed by atoms with Crippen molar-refractivity contribution in [3.8, 4) is 0 Å². The first-order valence-electron chi connectivity index (χ1n) is 9.10. The quantitative estimate of drug-likeness (QED) is 0.824. The smallest absolute Gasteiger partial charge is 0.335 e. The minimum Gasteiger partial charge on any atom is -0.478 e. The minimum absolute atomic E-state index is 0.0591. The molecule has 1 aromatic heterocycles. The van der Waals surface area contributed by atoms with Crippen LogP contribution in [0.5, 0.6) is 0 Å². The van der Waals surface area contributed by atoms with Crippen LogP contribution in [-0.4, -0.2) is 33.4 Å². The highest BCUT2D eigenvalue weighted by Gasteiger charge is 2.34. The molecule has 0 bridgehead atoms. The van der Waals surface area contributed by atoms with Crippen molar-refractivity contribution in [2.24, 2.45) is 5.92 Å². The Morgan fingerprint density at radius 3 is 2.81 bits per heavy atom. The van der Waals surface area contributed by atoms with Crippen LogP contribution in [0.4, 0.5) is 0 Å². The molecule has 0 radical (unpaired) electrons. The van der Waals surface area contributed by atoms with E-state index in [0.29, 0.717) is 6.42 Å². The number of carbonyl (C=O) groups excluding carboxylic acids is 1. The summed E-state index contributed by atoms with van der Waals surface area (Å²) < 4.78 is 0. The highest BCUT2D eigenvalue weighted by molar-refractivity contribution is 5.87. The summed E-state index contributed by atoms with van der Waals surface area (Å²) in [5.41, 5.74) is 2.19. The van der Waals surface area contributed by atoms with Gasteiger partial charge in [0.1, 0.15) is 0 Å². The Morgan fingerprint density at radius 2 is 2.08 bits per heavy atom. The molecule has 26 heavy (non-hydrogen) atoms. The molecule has 1 amide bonds. The van der Waals surface area contributed by atoms with Gasteiger partial charge in [0.2, 0.25) is 5.91 Å². The Morgan fingerprint density at radius 1 is 1.31 bits per heavy atom. The molecule has 0 unspecified atom stereocenters. The lowest BCUT2D eigenvalue weighted by Gasteiger charge is -2.25. The third-order valence-electron chi connectivity index (χ3n) is 5.15. The van der Waals surface area contributed by atoms with E-state index < -0.39 is 5.97 Å². The standard InChI is InChI=1S/C21H24N2O3/c1-15(16-6-3-2-4-7-16)23-13-11-17(20(23)24)8-5-9-19-14-18(21(25)26)10-12-22-19/h2-4,6-7,10,12,14-15,17H,5,8-9,11,13H2,1H3,(H,25,26)/t15-,17+/m1/s1. The van der Waals surface area contributed by atoms with Crippen LogP contribution >= 0.6 is 0 Å². The van der Waals surface area contributed by atoms with Crippen LogP contribution in [0, 0.1) is 5.92 Å². The van der Waals surface area contributed by atoms with Gasteiger partial charge in [0, 0.05) is 24.4 Å². The van der Waals surface area contributed by atoms with Crippen molar-refractivity contribution >= 4 is 11.9 Å². The summed E-state index contributed by atoms with van der Waals surface area (Å²) in [6.45, 7) is 2.88. The first kappa shape index (κ1) is 18.1. The second kappa shape index (κ2) is 8.13. The summed E-state index contributed by atoms with van der Waals surface area (Å²) in [4.78, 5) is 30.0. The van der Waals surface area contributed by atoms with E-state index in [2.05, 4.69) is 24.0 Å². The number of aromatic nitrogens is 1. The van der Waals surface area contributed by atoms with Crippen LogP contribution in [0.1, 0.15) is 53.8 Å². The zero-order valence-corrected chi connectivity index (χ0v) is 15.0. The second-order valence-corrected chi connectivity index (χ2v) is 6.84. The molecule has 1 aliphatic heterocycles. The number of hydrogen-bond donors (Lipinski definition) is 1. The predicted octanol–water partition coefficient (Wildman–Crippen LogP) is 3.71. The summed E-state index contributed by atoms with van der Waals surface area (Å²) in [6, 6.07) is 13.3. The maximum Gasteiger partial charge on any atom is 0.335 e. The van der Waals surface area contributed by atoms with Gasteiger partial charge >= 0.3 is 5.97 Å². The zero-order chi connectivity index (χ0) is 18.5. The van der Waals surface area contributed by atoms with Crippen LogP contribution in [0.2, 0.25) is 0 Å². The van der Waals surface area contributed by atoms with Crippen molar-refractivity contribution < 1.29 is 14.7 Å². The van der Waals surface area contributed by atoms with Crippen molar-refractivity contribution in [1.29, 1.82) is 0 Å². The monoisotopic (exact) mass is 352 g/mol. The summed E-state index contributed by atoms with van der Waals surface area (Å²) in [6.07, 6.45) is 4.76. The van der Waals surface area contributed by atoms with Gasteiger partial charge in [-0.25, -0.2) is 4.79 Å². The molecule has 0 spiro atoms. The second-order valence-electron chi connectivity index (χ2n) is 6.84. The Balaban J connectivity index is 1.53. The molecule has 1 N–H and O–H groups in total. The number of carbonyl (C=O) groups is 2. The molecule has 3 rings (SSSR count). The van der Waals surface area contributed by atoms with Gasteiger partial charge in [-0.2, -0.15) is 0 Å². The van der Waals surface area contributed by atoms with Crippen molar-refractivity contribution in [2.45, 2.75) is 38.6 Å². The average molecular weight is 352 g/mol. The topological polar surface area (TPSA) is 70.5 Å². The average Bonchev–Trinajstić information content (AvgIpc) is 3.03. The molecule has 2 atom stereocenters. The van der Waals surface area contributed by atoms with E-state index >= 15 is 0 Å². The van der Waals surface area contributed by atoms with Gasteiger partial charge in [0.15, 0.2) is 0 Å². The van der Waals surface area contributed by atoms with Crippen LogP contribution in [0.25, 0.3) is 0 Å². The SMILES string of the molecule is C[C@H](c1ccccc1)N1CC[C@H](CCCc2cc(C(=O)O)ccn2)C1=O. The highest BCUT2D eigenvalue weighted by atomic mass is 16.4.